The highest BCUT2D eigenvalue weighted by Crippen LogP contribution is 2.54. The molecule has 0 fully saturated rings. The first kappa shape index (κ1) is 14.5. The predicted octanol–water partition coefficient (Wildman–Crippen LogP) is 6.22. The molecule has 0 saturated carbocycles. The molecule has 1 aromatic carbocycles. The molecule has 2 atom stereocenters. The zero-order valence-electron chi connectivity index (χ0n) is 23.3. The molecule has 1 aliphatic carbocycles. The lowest BCUT2D eigenvalue weighted by atomic mass is 9.66. The number of unbranched alkanes of at least 4 members (excludes halogenated alkanes) is 3. The van der Waals surface area contributed by atoms with Crippen molar-refractivity contribution in [3.8, 4) is 11.5 Å². The fourth-order valence-electron chi connectivity index (χ4n) is 4.80. The highest BCUT2D eigenvalue weighted by atomic mass is 16.5. The minimum atomic E-state index is -2.81. The molecule has 0 spiro atoms. The summed E-state index contributed by atoms with van der Waals surface area (Å²) in [7, 11) is 0. The standard InChI is InChI=1S/C25H38O3/c1-6-7-8-9-12-24(2,3)18-14-21(27)23-19-13-17(16-26)10-11-20(19)25(4,5)28-22(23)15-18/h10,14-15,19-20,26-27H,6-9,11-13,16H2,1-5H3/t19-,20-/m1/s1/i2D3,3D3. The summed E-state index contributed by atoms with van der Waals surface area (Å²) in [4.78, 5) is 0. The van der Waals surface area contributed by atoms with Crippen LogP contribution in [0.3, 0.4) is 0 Å². The Labute approximate surface area is 179 Å². The van der Waals surface area contributed by atoms with E-state index >= 15 is 0 Å². The largest absolute Gasteiger partial charge is 0.508 e. The van der Waals surface area contributed by atoms with Gasteiger partial charge in [-0.1, -0.05) is 52.4 Å². The van der Waals surface area contributed by atoms with Gasteiger partial charge < -0.3 is 14.9 Å². The fraction of sp³-hybridized carbons (Fsp3) is 0.680. The molecule has 2 aliphatic rings. The van der Waals surface area contributed by atoms with Gasteiger partial charge in [0.15, 0.2) is 0 Å². The molecule has 1 aliphatic heterocycles. The number of hydrogen-bond acceptors (Lipinski definition) is 3. The van der Waals surface area contributed by atoms with Gasteiger partial charge in [-0.25, -0.2) is 0 Å². The van der Waals surface area contributed by atoms with Crippen LogP contribution in [0, 0.1) is 5.92 Å². The monoisotopic (exact) mass is 392 g/mol. The molecule has 0 saturated heterocycles. The Morgan fingerprint density at radius 3 is 2.71 bits per heavy atom. The number of allylic oxidation sites excluding steroid dienone is 1. The van der Waals surface area contributed by atoms with Crippen LogP contribution in [0.1, 0.15) is 105 Å². The van der Waals surface area contributed by atoms with Crippen LogP contribution in [0.15, 0.2) is 23.8 Å². The van der Waals surface area contributed by atoms with Gasteiger partial charge in [0.1, 0.15) is 17.1 Å². The summed E-state index contributed by atoms with van der Waals surface area (Å²) in [5, 5.41) is 20.9. The Hall–Kier alpha value is -1.48. The van der Waals surface area contributed by atoms with Gasteiger partial charge in [0.05, 0.1) is 6.61 Å². The molecule has 1 heterocycles. The van der Waals surface area contributed by atoms with Crippen molar-refractivity contribution in [2.24, 2.45) is 5.92 Å². The first-order valence-corrected chi connectivity index (χ1v) is 10.5. The third-order valence-corrected chi connectivity index (χ3v) is 6.49. The smallest absolute Gasteiger partial charge is 0.127 e. The van der Waals surface area contributed by atoms with E-state index in [2.05, 4.69) is 0 Å². The maximum absolute atomic E-state index is 11.2. The molecule has 0 aromatic heterocycles. The number of phenolic OH excluding ortho intramolecular Hbond substituents is 1. The third-order valence-electron chi connectivity index (χ3n) is 6.49. The second-order valence-electron chi connectivity index (χ2n) is 9.00. The number of fused-ring (bicyclic) bond motifs is 3. The maximum Gasteiger partial charge on any atom is 0.127 e. The van der Waals surface area contributed by atoms with Gasteiger partial charge in [0.25, 0.3) is 0 Å². The molecule has 2 N–H and O–H groups in total. The van der Waals surface area contributed by atoms with E-state index in [0.29, 0.717) is 30.6 Å². The highest BCUT2D eigenvalue weighted by molar-refractivity contribution is 5.54. The lowest BCUT2D eigenvalue weighted by molar-refractivity contribution is 0.00662. The van der Waals surface area contributed by atoms with Gasteiger partial charge in [-0.05, 0) is 61.8 Å². The number of phenols is 1. The molecule has 28 heavy (non-hydrogen) atoms. The number of hydrogen-bond donors (Lipinski definition) is 2. The fourth-order valence-corrected chi connectivity index (χ4v) is 4.80. The summed E-state index contributed by atoms with van der Waals surface area (Å²) in [5.41, 5.74) is -1.19. The van der Waals surface area contributed by atoms with E-state index in [4.69, 9.17) is 13.0 Å². The predicted molar refractivity (Wildman–Crippen MR) is 115 cm³/mol. The Bertz CT molecular complexity index is 902. The number of aliphatic hydroxyl groups is 1. The van der Waals surface area contributed by atoms with Crippen molar-refractivity contribution in [2.75, 3.05) is 6.61 Å². The zero-order valence-corrected chi connectivity index (χ0v) is 17.3. The lowest BCUT2D eigenvalue weighted by Gasteiger charge is -2.47. The number of aromatic hydroxyl groups is 1. The molecule has 0 bridgehead atoms. The van der Waals surface area contributed by atoms with Crippen LogP contribution in [0.25, 0.3) is 0 Å². The molecule has 3 rings (SSSR count). The first-order chi connectivity index (χ1) is 15.7. The van der Waals surface area contributed by atoms with E-state index < -0.39 is 24.7 Å². The van der Waals surface area contributed by atoms with Crippen molar-refractivity contribution in [2.45, 2.75) is 96.4 Å². The van der Waals surface area contributed by atoms with Crippen molar-refractivity contribution >= 4 is 0 Å². The minimum absolute atomic E-state index is 0.0366. The summed E-state index contributed by atoms with van der Waals surface area (Å²) in [5.74, 6) is 0.158. The van der Waals surface area contributed by atoms with E-state index in [1.54, 1.807) is 6.07 Å². The van der Waals surface area contributed by atoms with Crippen LogP contribution >= 0.6 is 0 Å². The van der Waals surface area contributed by atoms with Crippen LogP contribution in [0.2, 0.25) is 0 Å². The average molecular weight is 393 g/mol. The SMILES string of the molecule is [2H]C([2H])([2H])C(CCCCCC)(c1cc(O)c2c(c1)OC(C)(C)[C@@H]1CC=C(CO)C[C@@H]21)C([2H])([2H])[2H]. The number of ether oxygens (including phenoxy) is 1. The summed E-state index contributed by atoms with van der Waals surface area (Å²) < 4.78 is 56.2. The molecular formula is C25H38O3. The van der Waals surface area contributed by atoms with Gasteiger partial charge in [0, 0.05) is 25.6 Å². The van der Waals surface area contributed by atoms with Crippen LogP contribution in [0.5, 0.6) is 11.5 Å². The van der Waals surface area contributed by atoms with Gasteiger partial charge in [-0.15, -0.1) is 0 Å². The highest BCUT2D eigenvalue weighted by Gasteiger charge is 2.46. The number of rotatable bonds is 7. The van der Waals surface area contributed by atoms with E-state index in [-0.39, 0.29) is 36.2 Å². The molecule has 0 unspecified atom stereocenters. The topological polar surface area (TPSA) is 49.7 Å². The van der Waals surface area contributed by atoms with Crippen molar-refractivity contribution in [3.05, 3.63) is 34.9 Å². The minimum Gasteiger partial charge on any atom is -0.508 e. The second kappa shape index (κ2) is 8.10. The normalized spacial score (nSPS) is 27.5. The van der Waals surface area contributed by atoms with E-state index in [9.17, 15) is 10.2 Å². The average Bonchev–Trinajstić information content (AvgIpc) is 2.70. The number of benzene rings is 1. The Balaban J connectivity index is 2.17. The van der Waals surface area contributed by atoms with E-state index in [1.807, 2.05) is 26.8 Å². The van der Waals surface area contributed by atoms with Gasteiger partial charge >= 0.3 is 0 Å². The summed E-state index contributed by atoms with van der Waals surface area (Å²) in [6.45, 7) is 0.279. The van der Waals surface area contributed by atoms with Crippen molar-refractivity contribution in [3.63, 3.8) is 0 Å². The van der Waals surface area contributed by atoms with E-state index in [1.165, 1.54) is 6.07 Å². The zero-order chi connectivity index (χ0) is 25.5. The Morgan fingerprint density at radius 1 is 1.25 bits per heavy atom. The second-order valence-corrected chi connectivity index (χ2v) is 9.00. The maximum atomic E-state index is 11.2. The van der Waals surface area contributed by atoms with Crippen molar-refractivity contribution < 1.29 is 23.2 Å². The number of aliphatic hydroxyl groups excluding tert-OH is 1. The molecule has 1 aromatic rings. The van der Waals surface area contributed by atoms with Crippen LogP contribution < -0.4 is 4.74 Å². The van der Waals surface area contributed by atoms with E-state index in [0.717, 1.165) is 24.8 Å². The molecule has 0 amide bonds. The quantitative estimate of drug-likeness (QED) is 0.427. The molecule has 0 radical (unpaired) electrons. The van der Waals surface area contributed by atoms with Crippen LogP contribution in [0.4, 0.5) is 0 Å². The van der Waals surface area contributed by atoms with Crippen molar-refractivity contribution in [1.29, 1.82) is 0 Å². The van der Waals surface area contributed by atoms with Crippen molar-refractivity contribution in [1.82, 2.24) is 0 Å². The van der Waals surface area contributed by atoms with Gasteiger partial charge in [-0.3, -0.25) is 0 Å². The Kier molecular flexibility index (Phi) is 4.19. The molecule has 156 valence electrons. The first-order valence-electron chi connectivity index (χ1n) is 13.5. The van der Waals surface area contributed by atoms with Gasteiger partial charge in [-0.2, -0.15) is 0 Å². The summed E-state index contributed by atoms with van der Waals surface area (Å²) >= 11 is 0. The molecule has 3 heteroatoms. The summed E-state index contributed by atoms with van der Waals surface area (Å²) in [6, 6.07) is 2.88. The molecule has 3 nitrogen and oxygen atoms in total. The molecular weight excluding hydrogens is 348 g/mol. The third kappa shape index (κ3) is 4.10. The van der Waals surface area contributed by atoms with Crippen LogP contribution in [-0.4, -0.2) is 22.4 Å². The van der Waals surface area contributed by atoms with Crippen LogP contribution in [-0.2, 0) is 5.41 Å². The lowest BCUT2D eigenvalue weighted by Crippen LogP contribution is -2.45. The van der Waals surface area contributed by atoms with Gasteiger partial charge in [0.2, 0.25) is 0 Å². The summed E-state index contributed by atoms with van der Waals surface area (Å²) in [6.07, 6.45) is 6.29. The Morgan fingerprint density at radius 2 is 2.04 bits per heavy atom.